The highest BCUT2D eigenvalue weighted by Crippen LogP contribution is 2.31. The van der Waals surface area contributed by atoms with Crippen LogP contribution in [0.4, 0.5) is 5.69 Å². The maximum Gasteiger partial charge on any atom is 0.331 e. The summed E-state index contributed by atoms with van der Waals surface area (Å²) in [6.07, 6.45) is 3.65. The Kier molecular flexibility index (Phi) is 5.19. The Morgan fingerprint density at radius 2 is 1.92 bits per heavy atom. The normalized spacial score (nSPS) is 16.1. The number of halogens is 1. The molecule has 0 N–H and O–H groups in total. The molecule has 128 valence electrons. The molecule has 1 unspecified atom stereocenters. The van der Waals surface area contributed by atoms with Crippen LogP contribution in [-0.4, -0.2) is 24.5 Å². The van der Waals surface area contributed by atoms with Gasteiger partial charge in [0.25, 0.3) is 5.91 Å². The molecule has 0 saturated carbocycles. The number of nitrogens with zero attached hydrogens (tertiary/aromatic N) is 1. The Hall–Kier alpha value is -2.59. The van der Waals surface area contributed by atoms with Crippen LogP contribution in [0.2, 0.25) is 5.02 Å². The average Bonchev–Trinajstić information content (AvgIpc) is 2.94. The van der Waals surface area contributed by atoms with Crippen LogP contribution in [0.3, 0.4) is 0 Å². The van der Waals surface area contributed by atoms with Crippen molar-refractivity contribution in [3.63, 3.8) is 0 Å². The molecule has 1 atom stereocenters. The fourth-order valence-corrected chi connectivity index (χ4v) is 3.16. The number of hydrogen-bond donors (Lipinski definition) is 0. The number of anilines is 1. The number of benzene rings is 2. The molecule has 0 saturated heterocycles. The quantitative estimate of drug-likeness (QED) is 0.617. The van der Waals surface area contributed by atoms with Gasteiger partial charge in [-0.05, 0) is 42.7 Å². The molecule has 0 aromatic heterocycles. The molecule has 2 aromatic carbocycles. The number of carbonyl (C=O) groups excluding carboxylic acids is 2. The molecule has 4 nitrogen and oxygen atoms in total. The lowest BCUT2D eigenvalue weighted by molar-refractivity contribution is -0.143. The number of carbonyl (C=O) groups is 2. The first-order valence-corrected chi connectivity index (χ1v) is 8.43. The molecule has 1 heterocycles. The molecule has 0 bridgehead atoms. The molecule has 1 amide bonds. The maximum absolute atomic E-state index is 12.5. The van der Waals surface area contributed by atoms with Crippen molar-refractivity contribution in [2.45, 2.75) is 19.4 Å². The van der Waals surface area contributed by atoms with E-state index in [0.29, 0.717) is 5.02 Å². The SMILES string of the molecule is CC1Cc2ccccc2N1C(=O)COC(=O)/C=C/c1ccccc1Cl. The summed E-state index contributed by atoms with van der Waals surface area (Å²) in [6, 6.07) is 15.0. The number of fused-ring (bicyclic) bond motifs is 1. The zero-order chi connectivity index (χ0) is 17.8. The topological polar surface area (TPSA) is 46.6 Å². The second-order valence-electron chi connectivity index (χ2n) is 5.91. The minimum atomic E-state index is -0.576. The number of para-hydroxylation sites is 1. The average molecular weight is 356 g/mol. The Balaban J connectivity index is 1.59. The lowest BCUT2D eigenvalue weighted by Crippen LogP contribution is -2.38. The second kappa shape index (κ2) is 7.53. The van der Waals surface area contributed by atoms with Crippen molar-refractivity contribution in [3.05, 3.63) is 70.8 Å². The third-order valence-electron chi connectivity index (χ3n) is 4.12. The lowest BCUT2D eigenvalue weighted by atomic mass is 10.1. The summed E-state index contributed by atoms with van der Waals surface area (Å²) in [4.78, 5) is 26.0. The monoisotopic (exact) mass is 355 g/mol. The van der Waals surface area contributed by atoms with Gasteiger partial charge in [0, 0.05) is 22.8 Å². The molecule has 0 aliphatic carbocycles. The van der Waals surface area contributed by atoms with E-state index in [-0.39, 0.29) is 18.6 Å². The molecule has 0 fully saturated rings. The van der Waals surface area contributed by atoms with Crippen LogP contribution in [0.1, 0.15) is 18.1 Å². The lowest BCUT2D eigenvalue weighted by Gasteiger charge is -2.22. The molecule has 1 aliphatic heterocycles. The third-order valence-corrected chi connectivity index (χ3v) is 4.46. The van der Waals surface area contributed by atoms with E-state index in [1.54, 1.807) is 23.1 Å². The Morgan fingerprint density at radius 3 is 2.72 bits per heavy atom. The summed E-state index contributed by atoms with van der Waals surface area (Å²) in [5, 5.41) is 0.546. The van der Waals surface area contributed by atoms with Gasteiger partial charge in [-0.2, -0.15) is 0 Å². The smallest absolute Gasteiger partial charge is 0.331 e. The van der Waals surface area contributed by atoms with E-state index in [1.165, 1.54) is 6.08 Å². The van der Waals surface area contributed by atoms with E-state index >= 15 is 0 Å². The summed E-state index contributed by atoms with van der Waals surface area (Å²) in [5.74, 6) is -0.801. The summed E-state index contributed by atoms with van der Waals surface area (Å²) in [5.41, 5.74) is 2.74. The molecule has 25 heavy (non-hydrogen) atoms. The molecular formula is C20H18ClNO3. The maximum atomic E-state index is 12.5. The molecule has 5 heteroatoms. The van der Waals surface area contributed by atoms with Crippen LogP contribution in [-0.2, 0) is 20.7 Å². The van der Waals surface area contributed by atoms with E-state index in [1.807, 2.05) is 43.3 Å². The molecule has 1 aliphatic rings. The number of esters is 1. The van der Waals surface area contributed by atoms with Gasteiger partial charge < -0.3 is 9.64 Å². The van der Waals surface area contributed by atoms with Crippen molar-refractivity contribution in [3.8, 4) is 0 Å². The van der Waals surface area contributed by atoms with Crippen molar-refractivity contribution in [2.75, 3.05) is 11.5 Å². The van der Waals surface area contributed by atoms with Gasteiger partial charge in [0.2, 0.25) is 0 Å². The summed E-state index contributed by atoms with van der Waals surface area (Å²) < 4.78 is 5.08. The Morgan fingerprint density at radius 1 is 1.20 bits per heavy atom. The van der Waals surface area contributed by atoms with Crippen LogP contribution in [0.25, 0.3) is 6.08 Å². The van der Waals surface area contributed by atoms with E-state index in [2.05, 4.69) is 0 Å². The van der Waals surface area contributed by atoms with Crippen LogP contribution in [0, 0.1) is 0 Å². The highest BCUT2D eigenvalue weighted by atomic mass is 35.5. The van der Waals surface area contributed by atoms with E-state index in [0.717, 1.165) is 23.2 Å². The first-order chi connectivity index (χ1) is 12.1. The Bertz CT molecular complexity index is 831. The molecular weight excluding hydrogens is 338 g/mol. The zero-order valence-corrected chi connectivity index (χ0v) is 14.6. The van der Waals surface area contributed by atoms with E-state index in [9.17, 15) is 9.59 Å². The molecule has 2 aromatic rings. The van der Waals surface area contributed by atoms with Crippen molar-refractivity contribution in [2.24, 2.45) is 0 Å². The van der Waals surface area contributed by atoms with Crippen molar-refractivity contribution < 1.29 is 14.3 Å². The van der Waals surface area contributed by atoms with Crippen molar-refractivity contribution in [1.82, 2.24) is 0 Å². The van der Waals surface area contributed by atoms with Gasteiger partial charge in [-0.3, -0.25) is 4.79 Å². The minimum Gasteiger partial charge on any atom is -0.452 e. The predicted molar refractivity (Wildman–Crippen MR) is 98.5 cm³/mol. The summed E-state index contributed by atoms with van der Waals surface area (Å²) >= 11 is 6.02. The first-order valence-electron chi connectivity index (χ1n) is 8.05. The first kappa shape index (κ1) is 17.2. The van der Waals surface area contributed by atoms with Crippen molar-refractivity contribution in [1.29, 1.82) is 0 Å². The predicted octanol–water partition coefficient (Wildman–Crippen LogP) is 3.87. The van der Waals surface area contributed by atoms with Crippen LogP contribution >= 0.6 is 11.6 Å². The molecule has 3 rings (SSSR count). The molecule has 0 spiro atoms. The van der Waals surface area contributed by atoms with Gasteiger partial charge >= 0.3 is 5.97 Å². The van der Waals surface area contributed by atoms with E-state index < -0.39 is 5.97 Å². The highest BCUT2D eigenvalue weighted by molar-refractivity contribution is 6.32. The molecule has 0 radical (unpaired) electrons. The van der Waals surface area contributed by atoms with Gasteiger partial charge in [0.1, 0.15) is 0 Å². The number of ether oxygens (including phenoxy) is 1. The summed E-state index contributed by atoms with van der Waals surface area (Å²) in [6.45, 7) is 1.70. The van der Waals surface area contributed by atoms with Gasteiger partial charge in [-0.25, -0.2) is 4.79 Å². The van der Waals surface area contributed by atoms with Gasteiger partial charge in [0.15, 0.2) is 6.61 Å². The Labute approximate surface area is 151 Å². The van der Waals surface area contributed by atoms with Crippen LogP contribution in [0.5, 0.6) is 0 Å². The second-order valence-corrected chi connectivity index (χ2v) is 6.32. The number of rotatable bonds is 4. The number of amides is 1. The standard InChI is InChI=1S/C20H18ClNO3/c1-14-12-16-7-3-5-9-18(16)22(14)19(23)13-25-20(24)11-10-15-6-2-4-8-17(15)21/h2-11,14H,12-13H2,1H3/b11-10+. The van der Waals surface area contributed by atoms with Crippen molar-refractivity contribution >= 4 is 35.2 Å². The highest BCUT2D eigenvalue weighted by Gasteiger charge is 2.30. The summed E-state index contributed by atoms with van der Waals surface area (Å²) in [7, 11) is 0. The largest absolute Gasteiger partial charge is 0.452 e. The van der Waals surface area contributed by atoms with Gasteiger partial charge in [0.05, 0.1) is 0 Å². The van der Waals surface area contributed by atoms with Gasteiger partial charge in [-0.1, -0.05) is 48.0 Å². The zero-order valence-electron chi connectivity index (χ0n) is 13.8. The van der Waals surface area contributed by atoms with Crippen LogP contribution in [0.15, 0.2) is 54.6 Å². The minimum absolute atomic E-state index is 0.0577. The fourth-order valence-electron chi connectivity index (χ4n) is 2.96. The van der Waals surface area contributed by atoms with Crippen LogP contribution < -0.4 is 4.90 Å². The number of hydrogen-bond acceptors (Lipinski definition) is 3. The fraction of sp³-hybridized carbons (Fsp3) is 0.200. The third kappa shape index (κ3) is 3.91. The van der Waals surface area contributed by atoms with Gasteiger partial charge in [-0.15, -0.1) is 0 Å². The van der Waals surface area contributed by atoms with E-state index in [4.69, 9.17) is 16.3 Å².